The lowest BCUT2D eigenvalue weighted by Crippen LogP contribution is -2.07. The molecular weight excluding hydrogens is 192 g/mol. The molecule has 0 spiro atoms. The number of H-pyrrole nitrogens is 1. The van der Waals surface area contributed by atoms with E-state index in [9.17, 15) is 0 Å². The number of rotatable bonds is 4. The molecule has 2 heterocycles. The number of anilines is 2. The second-order valence-corrected chi connectivity index (χ2v) is 3.36. The Balaban J connectivity index is 1.86. The Labute approximate surface area is 87.5 Å². The highest BCUT2D eigenvalue weighted by molar-refractivity contribution is 5.59. The van der Waals surface area contributed by atoms with Gasteiger partial charge < -0.3 is 16.0 Å². The molecule has 0 aliphatic rings. The van der Waals surface area contributed by atoms with Crippen LogP contribution in [0.15, 0.2) is 18.7 Å². The van der Waals surface area contributed by atoms with Crippen molar-refractivity contribution in [3.05, 3.63) is 24.4 Å². The zero-order valence-electron chi connectivity index (χ0n) is 8.57. The fourth-order valence-corrected chi connectivity index (χ4v) is 1.38. The van der Waals surface area contributed by atoms with E-state index in [0.717, 1.165) is 24.5 Å². The molecule has 0 aliphatic carbocycles. The van der Waals surface area contributed by atoms with Gasteiger partial charge in [-0.05, 0) is 0 Å². The van der Waals surface area contributed by atoms with Crippen molar-refractivity contribution in [1.82, 2.24) is 19.7 Å². The first-order valence-electron chi connectivity index (χ1n) is 4.76. The number of aromatic amines is 1. The molecule has 0 saturated carbocycles. The Hall–Kier alpha value is -1.98. The molecule has 6 heteroatoms. The van der Waals surface area contributed by atoms with E-state index >= 15 is 0 Å². The molecule has 0 atom stereocenters. The van der Waals surface area contributed by atoms with Gasteiger partial charge in [-0.25, -0.2) is 4.98 Å². The molecule has 0 radical (unpaired) electrons. The van der Waals surface area contributed by atoms with Crippen molar-refractivity contribution >= 4 is 11.5 Å². The number of hydrogen-bond acceptors (Lipinski definition) is 4. The summed E-state index contributed by atoms with van der Waals surface area (Å²) in [6.07, 6.45) is 6.13. The summed E-state index contributed by atoms with van der Waals surface area (Å²) in [5.41, 5.74) is 7.50. The Morgan fingerprint density at radius 2 is 2.47 bits per heavy atom. The highest BCUT2D eigenvalue weighted by Crippen LogP contribution is 2.13. The maximum atomic E-state index is 5.73. The molecular formula is C9H14N6. The molecule has 6 nitrogen and oxygen atoms in total. The number of nitrogen functional groups attached to an aromatic ring is 1. The van der Waals surface area contributed by atoms with Crippen molar-refractivity contribution in [2.75, 3.05) is 17.6 Å². The van der Waals surface area contributed by atoms with Crippen LogP contribution >= 0.6 is 0 Å². The topological polar surface area (TPSA) is 84.5 Å². The fourth-order valence-electron chi connectivity index (χ4n) is 1.38. The molecule has 4 N–H and O–H groups in total. The van der Waals surface area contributed by atoms with Crippen LogP contribution in [0.1, 0.15) is 5.69 Å². The monoisotopic (exact) mass is 206 g/mol. The third kappa shape index (κ3) is 2.28. The number of nitrogens with two attached hydrogens (primary N) is 1. The van der Waals surface area contributed by atoms with Gasteiger partial charge in [0.25, 0.3) is 0 Å². The zero-order chi connectivity index (χ0) is 10.7. The molecule has 0 amide bonds. The van der Waals surface area contributed by atoms with E-state index in [2.05, 4.69) is 20.4 Å². The van der Waals surface area contributed by atoms with Gasteiger partial charge in [0, 0.05) is 38.1 Å². The van der Waals surface area contributed by atoms with Crippen molar-refractivity contribution in [2.45, 2.75) is 6.42 Å². The van der Waals surface area contributed by atoms with E-state index in [4.69, 9.17) is 5.73 Å². The van der Waals surface area contributed by atoms with Gasteiger partial charge in [0.05, 0.1) is 12.0 Å². The molecule has 0 fully saturated rings. The summed E-state index contributed by atoms with van der Waals surface area (Å²) in [6.45, 7) is 0.781. The number of hydrogen-bond donors (Lipinski definition) is 3. The van der Waals surface area contributed by atoms with Crippen LogP contribution in [0.5, 0.6) is 0 Å². The zero-order valence-corrected chi connectivity index (χ0v) is 8.57. The Morgan fingerprint density at radius 3 is 3.07 bits per heavy atom. The van der Waals surface area contributed by atoms with E-state index in [1.54, 1.807) is 17.2 Å². The largest absolute Gasteiger partial charge is 0.394 e. The molecule has 0 bridgehead atoms. The molecule has 2 aromatic rings. The predicted molar refractivity (Wildman–Crippen MR) is 58.4 cm³/mol. The maximum absolute atomic E-state index is 5.73. The van der Waals surface area contributed by atoms with E-state index in [1.165, 1.54) is 0 Å². The molecule has 80 valence electrons. The lowest BCUT2D eigenvalue weighted by molar-refractivity contribution is 0.767. The van der Waals surface area contributed by atoms with Gasteiger partial charge in [-0.3, -0.25) is 4.68 Å². The Bertz CT molecular complexity index is 416. The van der Waals surface area contributed by atoms with Crippen LogP contribution in [-0.4, -0.2) is 26.3 Å². The molecule has 2 aromatic heterocycles. The lowest BCUT2D eigenvalue weighted by Gasteiger charge is -2.01. The van der Waals surface area contributed by atoms with Crippen molar-refractivity contribution in [3.8, 4) is 0 Å². The summed E-state index contributed by atoms with van der Waals surface area (Å²) in [4.78, 5) is 6.98. The first kappa shape index (κ1) is 9.57. The van der Waals surface area contributed by atoms with Gasteiger partial charge in [0.1, 0.15) is 0 Å². The average Bonchev–Trinajstić information content (AvgIpc) is 2.77. The molecule has 0 aliphatic heterocycles. The maximum Gasteiger partial charge on any atom is 0.171 e. The van der Waals surface area contributed by atoms with Crippen LogP contribution in [0, 0.1) is 0 Å². The smallest absolute Gasteiger partial charge is 0.171 e. The third-order valence-corrected chi connectivity index (χ3v) is 2.10. The van der Waals surface area contributed by atoms with Crippen LogP contribution in [0.4, 0.5) is 11.5 Å². The van der Waals surface area contributed by atoms with E-state index < -0.39 is 0 Å². The van der Waals surface area contributed by atoms with Crippen molar-refractivity contribution in [2.24, 2.45) is 7.05 Å². The number of aromatic nitrogens is 4. The second-order valence-electron chi connectivity index (χ2n) is 3.36. The normalized spacial score (nSPS) is 10.5. The van der Waals surface area contributed by atoms with Gasteiger partial charge in [-0.2, -0.15) is 5.10 Å². The minimum Gasteiger partial charge on any atom is -0.394 e. The summed E-state index contributed by atoms with van der Waals surface area (Å²) >= 11 is 0. The minimum absolute atomic E-state index is 0.669. The highest BCUT2D eigenvalue weighted by atomic mass is 15.3. The van der Waals surface area contributed by atoms with Crippen LogP contribution in [0.25, 0.3) is 0 Å². The SMILES string of the molecule is Cn1cc(N)c(NCCc2cnc[nH]2)n1. The van der Waals surface area contributed by atoms with Gasteiger partial charge in [-0.15, -0.1) is 0 Å². The number of aryl methyl sites for hydroxylation is 1. The van der Waals surface area contributed by atoms with Crippen LogP contribution in [0.2, 0.25) is 0 Å². The van der Waals surface area contributed by atoms with E-state index in [0.29, 0.717) is 5.69 Å². The first-order chi connectivity index (χ1) is 7.25. The Kier molecular flexibility index (Phi) is 2.57. The number of nitrogens with zero attached hydrogens (tertiary/aromatic N) is 3. The van der Waals surface area contributed by atoms with Gasteiger partial charge in [0.15, 0.2) is 5.82 Å². The number of imidazole rings is 1. The van der Waals surface area contributed by atoms with Crippen LogP contribution in [-0.2, 0) is 13.5 Å². The van der Waals surface area contributed by atoms with E-state index in [-0.39, 0.29) is 0 Å². The fraction of sp³-hybridized carbons (Fsp3) is 0.333. The standard InChI is InChI=1S/C9H14N6/c1-15-5-8(10)9(14-15)12-3-2-7-4-11-6-13-7/h4-6H,2-3,10H2,1H3,(H,11,13)(H,12,14). The molecule has 0 saturated heterocycles. The minimum atomic E-state index is 0.669. The number of nitrogens with one attached hydrogen (secondary N) is 2. The molecule has 2 rings (SSSR count). The predicted octanol–water partition coefficient (Wildman–Crippen LogP) is 0.380. The van der Waals surface area contributed by atoms with Crippen LogP contribution < -0.4 is 11.1 Å². The van der Waals surface area contributed by atoms with Gasteiger partial charge >= 0.3 is 0 Å². The van der Waals surface area contributed by atoms with Crippen molar-refractivity contribution < 1.29 is 0 Å². The summed E-state index contributed by atoms with van der Waals surface area (Å²) < 4.78 is 1.69. The molecule has 0 aromatic carbocycles. The van der Waals surface area contributed by atoms with Crippen LogP contribution in [0.3, 0.4) is 0 Å². The highest BCUT2D eigenvalue weighted by Gasteiger charge is 2.02. The van der Waals surface area contributed by atoms with Gasteiger partial charge in [0.2, 0.25) is 0 Å². The summed E-state index contributed by atoms with van der Waals surface area (Å²) in [5.74, 6) is 0.733. The first-order valence-corrected chi connectivity index (χ1v) is 4.76. The lowest BCUT2D eigenvalue weighted by atomic mass is 10.3. The third-order valence-electron chi connectivity index (χ3n) is 2.10. The van der Waals surface area contributed by atoms with Crippen molar-refractivity contribution in [3.63, 3.8) is 0 Å². The Morgan fingerprint density at radius 1 is 1.60 bits per heavy atom. The molecule has 0 unspecified atom stereocenters. The quantitative estimate of drug-likeness (QED) is 0.675. The van der Waals surface area contributed by atoms with E-state index in [1.807, 2.05) is 13.2 Å². The van der Waals surface area contributed by atoms with Gasteiger partial charge in [-0.1, -0.05) is 0 Å². The molecule has 15 heavy (non-hydrogen) atoms. The van der Waals surface area contributed by atoms with Crippen molar-refractivity contribution in [1.29, 1.82) is 0 Å². The second kappa shape index (κ2) is 4.04. The summed E-state index contributed by atoms with van der Waals surface area (Å²) in [7, 11) is 1.84. The summed E-state index contributed by atoms with van der Waals surface area (Å²) in [6, 6.07) is 0. The summed E-state index contributed by atoms with van der Waals surface area (Å²) in [5, 5.41) is 7.35. The average molecular weight is 206 g/mol.